The van der Waals surface area contributed by atoms with Crippen LogP contribution in [0.1, 0.15) is 45.5 Å². The number of rotatable bonds is 4. The van der Waals surface area contributed by atoms with Crippen LogP contribution >= 0.6 is 0 Å². The number of aromatic nitrogens is 1. The Bertz CT molecular complexity index is 846. The molecule has 6 heteroatoms. The SMILES string of the molecule is O=C(NCC1CCCO1)c1cncc(C(=O)N2CCCc3ccccc32)c1. The lowest BCUT2D eigenvalue weighted by Gasteiger charge is -2.29. The maximum Gasteiger partial charge on any atom is 0.259 e. The standard InChI is InChI=1S/C21H23N3O3/c25-20(23-14-18-7-4-10-27-18)16-11-17(13-22-12-16)21(26)24-9-3-6-15-5-1-2-8-19(15)24/h1-2,5,8,11-13,18H,3-4,6-7,9-10,14H2,(H,23,25). The van der Waals surface area contributed by atoms with Crippen LogP contribution in [0.15, 0.2) is 42.7 Å². The molecule has 1 unspecified atom stereocenters. The van der Waals surface area contributed by atoms with Gasteiger partial charge in [-0.05, 0) is 43.4 Å². The third-order valence-electron chi connectivity index (χ3n) is 5.12. The average molecular weight is 365 g/mol. The molecule has 3 heterocycles. The molecule has 0 saturated carbocycles. The molecule has 2 aromatic rings. The number of aryl methyl sites for hydroxylation is 1. The maximum absolute atomic E-state index is 13.0. The summed E-state index contributed by atoms with van der Waals surface area (Å²) in [5.74, 6) is -0.352. The van der Waals surface area contributed by atoms with Crippen molar-refractivity contribution in [1.82, 2.24) is 10.3 Å². The number of fused-ring (bicyclic) bond motifs is 1. The van der Waals surface area contributed by atoms with Crippen LogP contribution in [0.3, 0.4) is 0 Å². The van der Waals surface area contributed by atoms with Gasteiger partial charge in [-0.1, -0.05) is 18.2 Å². The van der Waals surface area contributed by atoms with E-state index in [0.29, 0.717) is 24.2 Å². The van der Waals surface area contributed by atoms with Gasteiger partial charge in [0.2, 0.25) is 0 Å². The van der Waals surface area contributed by atoms with Crippen molar-refractivity contribution in [3.05, 3.63) is 59.4 Å². The second kappa shape index (κ2) is 7.88. The van der Waals surface area contributed by atoms with E-state index in [1.165, 1.54) is 18.0 Å². The van der Waals surface area contributed by atoms with E-state index in [9.17, 15) is 9.59 Å². The third-order valence-corrected chi connectivity index (χ3v) is 5.12. The van der Waals surface area contributed by atoms with Gasteiger partial charge in [-0.25, -0.2) is 0 Å². The molecule has 27 heavy (non-hydrogen) atoms. The van der Waals surface area contributed by atoms with Gasteiger partial charge in [-0.2, -0.15) is 0 Å². The first-order valence-electron chi connectivity index (χ1n) is 9.47. The van der Waals surface area contributed by atoms with E-state index in [1.807, 2.05) is 18.2 Å². The summed E-state index contributed by atoms with van der Waals surface area (Å²) in [6, 6.07) is 9.59. The smallest absolute Gasteiger partial charge is 0.259 e. The fourth-order valence-electron chi connectivity index (χ4n) is 3.70. The fourth-order valence-corrected chi connectivity index (χ4v) is 3.70. The van der Waals surface area contributed by atoms with Crippen molar-refractivity contribution in [3.63, 3.8) is 0 Å². The number of amides is 2. The largest absolute Gasteiger partial charge is 0.376 e. The highest BCUT2D eigenvalue weighted by molar-refractivity contribution is 6.08. The van der Waals surface area contributed by atoms with Crippen LogP contribution in [-0.2, 0) is 11.2 Å². The summed E-state index contributed by atoms with van der Waals surface area (Å²) in [6.45, 7) is 1.91. The molecule has 0 bridgehead atoms. The Morgan fingerprint density at radius 3 is 2.89 bits per heavy atom. The van der Waals surface area contributed by atoms with Crippen LogP contribution in [0.5, 0.6) is 0 Å². The molecule has 1 fully saturated rings. The lowest BCUT2D eigenvalue weighted by molar-refractivity contribution is 0.0857. The summed E-state index contributed by atoms with van der Waals surface area (Å²) in [5, 5.41) is 2.87. The Labute approximate surface area is 158 Å². The second-order valence-corrected chi connectivity index (χ2v) is 7.00. The van der Waals surface area contributed by atoms with E-state index >= 15 is 0 Å². The Hall–Kier alpha value is -2.73. The molecule has 1 aromatic heterocycles. The highest BCUT2D eigenvalue weighted by atomic mass is 16.5. The Morgan fingerprint density at radius 1 is 1.19 bits per heavy atom. The Morgan fingerprint density at radius 2 is 2.04 bits per heavy atom. The highest BCUT2D eigenvalue weighted by Crippen LogP contribution is 2.28. The molecule has 4 rings (SSSR count). The lowest BCUT2D eigenvalue weighted by Crippen LogP contribution is -2.36. The van der Waals surface area contributed by atoms with Gasteiger partial charge >= 0.3 is 0 Å². The number of anilines is 1. The van der Waals surface area contributed by atoms with Crippen LogP contribution in [0.25, 0.3) is 0 Å². The fraction of sp³-hybridized carbons (Fsp3) is 0.381. The summed E-state index contributed by atoms with van der Waals surface area (Å²) in [6.07, 6.45) is 7.00. The van der Waals surface area contributed by atoms with E-state index in [2.05, 4.69) is 16.4 Å². The topological polar surface area (TPSA) is 71.5 Å². The normalized spacial score (nSPS) is 18.8. The van der Waals surface area contributed by atoms with Crippen molar-refractivity contribution >= 4 is 17.5 Å². The molecule has 1 saturated heterocycles. The van der Waals surface area contributed by atoms with Gasteiger partial charge in [0.15, 0.2) is 0 Å². The number of hydrogen-bond donors (Lipinski definition) is 1. The number of carbonyl (C=O) groups is 2. The monoisotopic (exact) mass is 365 g/mol. The zero-order valence-electron chi connectivity index (χ0n) is 15.2. The molecule has 0 aliphatic carbocycles. The summed E-state index contributed by atoms with van der Waals surface area (Å²) >= 11 is 0. The molecule has 1 aromatic carbocycles. The van der Waals surface area contributed by atoms with Crippen LogP contribution in [0.4, 0.5) is 5.69 Å². The molecular weight excluding hydrogens is 342 g/mol. The minimum absolute atomic E-state index is 0.0802. The average Bonchev–Trinajstić information content (AvgIpc) is 3.25. The molecule has 2 aliphatic rings. The van der Waals surface area contributed by atoms with Crippen molar-refractivity contribution in [2.45, 2.75) is 31.8 Å². The van der Waals surface area contributed by atoms with E-state index in [4.69, 9.17) is 4.74 Å². The predicted molar refractivity (Wildman–Crippen MR) is 102 cm³/mol. The number of hydrogen-bond acceptors (Lipinski definition) is 4. The third kappa shape index (κ3) is 3.85. The van der Waals surface area contributed by atoms with Gasteiger partial charge in [0.1, 0.15) is 0 Å². The van der Waals surface area contributed by atoms with Gasteiger partial charge in [-0.15, -0.1) is 0 Å². The molecular formula is C21H23N3O3. The lowest BCUT2D eigenvalue weighted by atomic mass is 10.0. The minimum Gasteiger partial charge on any atom is -0.376 e. The van der Waals surface area contributed by atoms with E-state index in [-0.39, 0.29) is 17.9 Å². The van der Waals surface area contributed by atoms with Crippen LogP contribution in [0.2, 0.25) is 0 Å². The number of benzene rings is 1. The van der Waals surface area contributed by atoms with Gasteiger partial charge in [0.25, 0.3) is 11.8 Å². The minimum atomic E-state index is -0.230. The maximum atomic E-state index is 13.0. The van der Waals surface area contributed by atoms with Crippen LogP contribution < -0.4 is 10.2 Å². The predicted octanol–water partition coefficient (Wildman–Crippen LogP) is 2.58. The number of carbonyl (C=O) groups excluding carboxylic acids is 2. The first kappa shape index (κ1) is 17.7. The van der Waals surface area contributed by atoms with Crippen LogP contribution in [0, 0.1) is 0 Å². The zero-order valence-corrected chi connectivity index (χ0v) is 15.2. The Kier molecular flexibility index (Phi) is 5.16. The summed E-state index contributed by atoms with van der Waals surface area (Å²) in [5.41, 5.74) is 2.94. The van der Waals surface area contributed by atoms with Gasteiger partial charge in [0, 0.05) is 37.8 Å². The highest BCUT2D eigenvalue weighted by Gasteiger charge is 2.24. The van der Waals surface area contributed by atoms with E-state index < -0.39 is 0 Å². The molecule has 2 aliphatic heterocycles. The number of para-hydroxylation sites is 1. The molecule has 0 radical (unpaired) electrons. The zero-order chi connectivity index (χ0) is 18.6. The van der Waals surface area contributed by atoms with Crippen molar-refractivity contribution in [2.75, 3.05) is 24.6 Å². The number of nitrogens with one attached hydrogen (secondary N) is 1. The molecule has 1 atom stereocenters. The number of nitrogens with zero attached hydrogens (tertiary/aromatic N) is 2. The van der Waals surface area contributed by atoms with E-state index in [1.54, 1.807) is 11.0 Å². The molecule has 1 N–H and O–H groups in total. The van der Waals surface area contributed by atoms with Crippen molar-refractivity contribution < 1.29 is 14.3 Å². The molecule has 140 valence electrons. The second-order valence-electron chi connectivity index (χ2n) is 7.00. The summed E-state index contributed by atoms with van der Waals surface area (Å²) in [7, 11) is 0. The number of ether oxygens (including phenoxy) is 1. The molecule has 2 amide bonds. The van der Waals surface area contributed by atoms with E-state index in [0.717, 1.165) is 38.0 Å². The summed E-state index contributed by atoms with van der Waals surface area (Å²) in [4.78, 5) is 31.4. The van der Waals surface area contributed by atoms with Gasteiger partial charge < -0.3 is 15.0 Å². The molecule has 0 spiro atoms. The molecule has 6 nitrogen and oxygen atoms in total. The van der Waals surface area contributed by atoms with Crippen molar-refractivity contribution in [2.24, 2.45) is 0 Å². The van der Waals surface area contributed by atoms with Gasteiger partial charge in [-0.3, -0.25) is 14.6 Å². The van der Waals surface area contributed by atoms with Crippen molar-refractivity contribution in [3.8, 4) is 0 Å². The first-order valence-corrected chi connectivity index (χ1v) is 9.47. The quantitative estimate of drug-likeness (QED) is 0.904. The van der Waals surface area contributed by atoms with Gasteiger partial charge in [0.05, 0.1) is 17.2 Å². The number of pyridine rings is 1. The van der Waals surface area contributed by atoms with Crippen molar-refractivity contribution in [1.29, 1.82) is 0 Å². The Balaban J connectivity index is 1.49. The van der Waals surface area contributed by atoms with Crippen LogP contribution in [-0.4, -0.2) is 42.6 Å². The first-order chi connectivity index (χ1) is 13.2. The summed E-state index contributed by atoms with van der Waals surface area (Å²) < 4.78 is 5.52.